The van der Waals surface area contributed by atoms with Crippen molar-refractivity contribution in [2.45, 2.75) is 44.4 Å². The molecule has 0 saturated carbocycles. The van der Waals surface area contributed by atoms with Crippen molar-refractivity contribution in [3.63, 3.8) is 0 Å². The number of allylic oxidation sites excluding steroid dienone is 1. The molecule has 182 valence electrons. The Kier molecular flexibility index (Phi) is 8.66. The molecule has 0 radical (unpaired) electrons. The van der Waals surface area contributed by atoms with E-state index in [0.29, 0.717) is 22.4 Å². The van der Waals surface area contributed by atoms with Crippen LogP contribution in [0.15, 0.2) is 65.0 Å². The normalized spacial score (nSPS) is 13.7. The molecule has 0 bridgehead atoms. The Morgan fingerprint density at radius 2 is 1.83 bits per heavy atom. The van der Waals surface area contributed by atoms with E-state index in [1.54, 1.807) is 18.0 Å². The van der Waals surface area contributed by atoms with Gasteiger partial charge in [0, 0.05) is 34.9 Å². The van der Waals surface area contributed by atoms with Crippen molar-refractivity contribution < 1.29 is 4.79 Å². The van der Waals surface area contributed by atoms with E-state index in [4.69, 9.17) is 11.6 Å². The quantitative estimate of drug-likeness (QED) is 0.306. The van der Waals surface area contributed by atoms with Gasteiger partial charge in [-0.25, -0.2) is 4.98 Å². The van der Waals surface area contributed by atoms with Crippen LogP contribution in [-0.2, 0) is 0 Å². The molecule has 0 aliphatic carbocycles. The average molecular weight is 508 g/mol. The molecule has 1 fully saturated rings. The maximum atomic E-state index is 12.7. The number of aryl methyl sites for hydroxylation is 1. The van der Waals surface area contributed by atoms with E-state index >= 15 is 0 Å². The van der Waals surface area contributed by atoms with Gasteiger partial charge in [0.25, 0.3) is 5.91 Å². The number of thioether (sulfide) groups is 1. The fraction of sp³-hybridized carbons (Fsp3) is 0.296. The Balaban J connectivity index is 1.44. The van der Waals surface area contributed by atoms with Crippen LogP contribution < -0.4 is 10.6 Å². The molecule has 1 aliphatic heterocycles. The van der Waals surface area contributed by atoms with Crippen molar-refractivity contribution in [1.29, 1.82) is 0 Å². The molecule has 4 rings (SSSR count). The number of carbonyl (C=O) groups excluding carboxylic acids is 1. The summed E-state index contributed by atoms with van der Waals surface area (Å²) in [6.07, 6.45) is 8.07. The molecule has 0 atom stereocenters. The molecule has 1 saturated heterocycles. The van der Waals surface area contributed by atoms with Crippen molar-refractivity contribution in [3.05, 3.63) is 76.3 Å². The summed E-state index contributed by atoms with van der Waals surface area (Å²) in [4.78, 5) is 24.7. The molecular weight excluding hydrogens is 478 g/mol. The lowest BCUT2D eigenvalue weighted by Crippen LogP contribution is -2.35. The fourth-order valence-electron chi connectivity index (χ4n) is 3.78. The number of hydrogen-bond donors (Lipinski definition) is 2. The fourth-order valence-corrected chi connectivity index (χ4v) is 4.80. The highest BCUT2D eigenvalue weighted by molar-refractivity contribution is 8.02. The lowest BCUT2D eigenvalue weighted by Gasteiger charge is -2.26. The van der Waals surface area contributed by atoms with Crippen LogP contribution in [0.3, 0.4) is 0 Å². The number of halogens is 1. The number of benzene rings is 2. The summed E-state index contributed by atoms with van der Waals surface area (Å²) in [6, 6.07) is 13.6. The zero-order valence-electron chi connectivity index (χ0n) is 20.1. The Hall–Kier alpha value is -3.03. The first-order valence-electron chi connectivity index (χ1n) is 11.9. The molecule has 8 heteroatoms. The van der Waals surface area contributed by atoms with Crippen LogP contribution >= 0.6 is 23.4 Å². The summed E-state index contributed by atoms with van der Waals surface area (Å²) in [5.74, 6) is 1.02. The third-order valence-electron chi connectivity index (χ3n) is 5.75. The first kappa shape index (κ1) is 25.1. The number of aromatic nitrogens is 2. The van der Waals surface area contributed by atoms with E-state index in [1.807, 2.05) is 35.2 Å². The summed E-state index contributed by atoms with van der Waals surface area (Å²) in [5.41, 5.74) is 3.60. The number of anilines is 4. The minimum absolute atomic E-state index is 0.0892. The number of rotatable bonds is 8. The Morgan fingerprint density at radius 1 is 1.09 bits per heavy atom. The number of likely N-dealkylation sites (tertiary alicyclic amines) is 1. The number of nitrogens with zero attached hydrogens (tertiary/aromatic N) is 3. The first-order valence-corrected chi connectivity index (χ1v) is 13.2. The predicted octanol–water partition coefficient (Wildman–Crippen LogP) is 7.57. The maximum absolute atomic E-state index is 12.7. The standard InChI is InChI=1S/C27H30ClN5OS/c1-3-4-16-35-24-17-22(11-8-19(24)2)30-25-23(28)18-29-27(32-25)31-21-12-9-20(10-13-21)26(34)33-14-6-5-7-15-33/h4,8-13,16-18H,3,5-7,14-15H2,1-2H3,(H2,29,30,31,32)/b16-4-. The van der Waals surface area contributed by atoms with Gasteiger partial charge in [-0.2, -0.15) is 4.98 Å². The van der Waals surface area contributed by atoms with Crippen molar-refractivity contribution >= 4 is 52.4 Å². The number of nitrogens with one attached hydrogen (secondary N) is 2. The van der Waals surface area contributed by atoms with Gasteiger partial charge in [-0.3, -0.25) is 4.79 Å². The van der Waals surface area contributed by atoms with Crippen LogP contribution in [0.2, 0.25) is 5.02 Å². The maximum Gasteiger partial charge on any atom is 0.253 e. The van der Waals surface area contributed by atoms with Crippen LogP contribution in [0.25, 0.3) is 0 Å². The molecule has 35 heavy (non-hydrogen) atoms. The molecule has 3 aromatic rings. The minimum Gasteiger partial charge on any atom is -0.339 e. The number of carbonyl (C=O) groups is 1. The molecule has 1 amide bonds. The first-order chi connectivity index (χ1) is 17.0. The largest absolute Gasteiger partial charge is 0.339 e. The van der Waals surface area contributed by atoms with Crippen molar-refractivity contribution in [3.8, 4) is 0 Å². The lowest BCUT2D eigenvalue weighted by atomic mass is 10.1. The third kappa shape index (κ3) is 6.77. The van der Waals surface area contributed by atoms with Gasteiger partial charge in [0.05, 0.1) is 6.20 Å². The van der Waals surface area contributed by atoms with Gasteiger partial charge in [0.1, 0.15) is 5.02 Å². The second-order valence-corrected chi connectivity index (χ2v) is 9.80. The van der Waals surface area contributed by atoms with Crippen LogP contribution in [-0.4, -0.2) is 33.9 Å². The van der Waals surface area contributed by atoms with E-state index in [-0.39, 0.29) is 5.91 Å². The number of piperidine rings is 1. The molecule has 6 nitrogen and oxygen atoms in total. The second-order valence-electron chi connectivity index (χ2n) is 8.45. The second kappa shape index (κ2) is 12.1. The Labute approximate surface area is 216 Å². The summed E-state index contributed by atoms with van der Waals surface area (Å²) >= 11 is 8.07. The zero-order valence-corrected chi connectivity index (χ0v) is 21.6. The lowest BCUT2D eigenvalue weighted by molar-refractivity contribution is 0.0724. The van der Waals surface area contributed by atoms with E-state index < -0.39 is 0 Å². The molecular formula is C27H30ClN5OS. The van der Waals surface area contributed by atoms with Crippen LogP contribution in [0.5, 0.6) is 0 Å². The predicted molar refractivity (Wildman–Crippen MR) is 146 cm³/mol. The van der Waals surface area contributed by atoms with Crippen LogP contribution in [0, 0.1) is 6.92 Å². The van der Waals surface area contributed by atoms with Gasteiger partial charge < -0.3 is 15.5 Å². The number of amides is 1. The van der Waals surface area contributed by atoms with E-state index in [1.165, 1.54) is 16.9 Å². The van der Waals surface area contributed by atoms with Gasteiger partial charge in [-0.05, 0) is 80.0 Å². The molecule has 2 N–H and O–H groups in total. The molecule has 2 heterocycles. The van der Waals surface area contributed by atoms with Crippen molar-refractivity contribution in [2.24, 2.45) is 0 Å². The van der Waals surface area contributed by atoms with Gasteiger partial charge >= 0.3 is 0 Å². The highest BCUT2D eigenvalue weighted by atomic mass is 35.5. The van der Waals surface area contributed by atoms with Gasteiger partial charge in [0.2, 0.25) is 5.95 Å². The number of hydrogen-bond acceptors (Lipinski definition) is 6. The minimum atomic E-state index is 0.0892. The van der Waals surface area contributed by atoms with Crippen molar-refractivity contribution in [1.82, 2.24) is 14.9 Å². The topological polar surface area (TPSA) is 70.2 Å². The molecule has 2 aromatic carbocycles. The molecule has 0 spiro atoms. The van der Waals surface area contributed by atoms with E-state index in [9.17, 15) is 4.79 Å². The van der Waals surface area contributed by atoms with Crippen LogP contribution in [0.4, 0.5) is 23.1 Å². The van der Waals surface area contributed by atoms with E-state index in [2.05, 4.69) is 58.1 Å². The average Bonchev–Trinajstić information content (AvgIpc) is 2.88. The van der Waals surface area contributed by atoms with Gasteiger partial charge in [-0.1, -0.05) is 42.4 Å². The summed E-state index contributed by atoms with van der Waals surface area (Å²) in [6.45, 7) is 5.89. The van der Waals surface area contributed by atoms with Gasteiger partial charge in [0.15, 0.2) is 5.82 Å². The van der Waals surface area contributed by atoms with Crippen molar-refractivity contribution in [2.75, 3.05) is 23.7 Å². The van der Waals surface area contributed by atoms with Crippen LogP contribution in [0.1, 0.15) is 48.5 Å². The monoisotopic (exact) mass is 507 g/mol. The zero-order chi connectivity index (χ0) is 24.6. The Morgan fingerprint density at radius 3 is 2.57 bits per heavy atom. The SMILES string of the molecule is CC/C=C\Sc1cc(Nc2nc(Nc3ccc(C(=O)N4CCCCC4)cc3)ncc2Cl)ccc1C. The van der Waals surface area contributed by atoms with E-state index in [0.717, 1.165) is 43.7 Å². The smallest absolute Gasteiger partial charge is 0.253 e. The summed E-state index contributed by atoms with van der Waals surface area (Å²) in [5, 5.41) is 9.04. The Bertz CT molecular complexity index is 1190. The molecule has 1 aromatic heterocycles. The van der Waals surface area contributed by atoms with Gasteiger partial charge in [-0.15, -0.1) is 0 Å². The highest BCUT2D eigenvalue weighted by Gasteiger charge is 2.18. The highest BCUT2D eigenvalue weighted by Crippen LogP contribution is 2.30. The molecule has 0 unspecified atom stereocenters. The summed E-state index contributed by atoms with van der Waals surface area (Å²) in [7, 11) is 0. The molecule has 1 aliphatic rings. The third-order valence-corrected chi connectivity index (χ3v) is 7.05. The summed E-state index contributed by atoms with van der Waals surface area (Å²) < 4.78 is 0.